The number of carbonyl (C=O) groups is 2. The van der Waals surface area contributed by atoms with Crippen LogP contribution < -0.4 is 29.2 Å². The van der Waals surface area contributed by atoms with Crippen LogP contribution in [-0.2, 0) is 4.79 Å². The fourth-order valence-electron chi connectivity index (χ4n) is 2.88. The Labute approximate surface area is 162 Å². The van der Waals surface area contributed by atoms with E-state index in [0.29, 0.717) is 34.2 Å². The second-order valence-electron chi connectivity index (χ2n) is 6.03. The molecule has 0 spiro atoms. The van der Waals surface area contributed by atoms with Crippen LogP contribution in [0.1, 0.15) is 17.3 Å². The molecule has 0 radical (unpaired) electrons. The van der Waals surface area contributed by atoms with Gasteiger partial charge in [-0.1, -0.05) is 0 Å². The van der Waals surface area contributed by atoms with Crippen LogP contribution in [0.15, 0.2) is 36.4 Å². The molecule has 1 heterocycles. The van der Waals surface area contributed by atoms with Crippen molar-refractivity contribution in [3.63, 3.8) is 0 Å². The monoisotopic (exact) mass is 386 g/mol. The number of anilines is 1. The zero-order valence-corrected chi connectivity index (χ0v) is 16.0. The van der Waals surface area contributed by atoms with Crippen molar-refractivity contribution in [2.45, 2.75) is 6.92 Å². The molecule has 0 saturated heterocycles. The molecular weight excluding hydrogens is 364 g/mol. The van der Waals surface area contributed by atoms with Crippen molar-refractivity contribution < 1.29 is 28.5 Å². The first-order chi connectivity index (χ1) is 13.5. The van der Waals surface area contributed by atoms with E-state index in [9.17, 15) is 9.59 Å². The molecule has 3 rings (SSSR count). The lowest BCUT2D eigenvalue weighted by molar-refractivity contribution is -0.116. The van der Waals surface area contributed by atoms with Crippen LogP contribution in [0, 0.1) is 0 Å². The summed E-state index contributed by atoms with van der Waals surface area (Å²) in [6.45, 7) is 2.14. The number of rotatable bonds is 7. The zero-order valence-electron chi connectivity index (χ0n) is 16.0. The number of amides is 2. The van der Waals surface area contributed by atoms with Gasteiger partial charge in [-0.2, -0.15) is 0 Å². The molecule has 0 aliphatic carbocycles. The maximum absolute atomic E-state index is 12.4. The maximum Gasteiger partial charge on any atom is 0.251 e. The standard InChI is InChI=1S/C20H22N2O6/c1-13(23)22(16-11-15(25-2)5-7-17(16)26-3)9-8-21-20(24)14-4-6-18-19(10-14)28-12-27-18/h4-7,10-11H,8-9,12H2,1-3H3,(H,21,24). The summed E-state index contributed by atoms with van der Waals surface area (Å²) in [5.74, 6) is 1.86. The molecule has 0 unspecified atom stereocenters. The fourth-order valence-corrected chi connectivity index (χ4v) is 2.88. The second-order valence-corrected chi connectivity index (χ2v) is 6.03. The third kappa shape index (κ3) is 4.11. The predicted molar refractivity (Wildman–Crippen MR) is 102 cm³/mol. The van der Waals surface area contributed by atoms with E-state index in [2.05, 4.69) is 5.32 Å². The van der Waals surface area contributed by atoms with Crippen LogP contribution in [0.4, 0.5) is 5.69 Å². The second kappa shape index (κ2) is 8.51. The molecule has 2 aromatic carbocycles. The quantitative estimate of drug-likeness (QED) is 0.785. The molecule has 28 heavy (non-hydrogen) atoms. The Bertz CT molecular complexity index is 883. The SMILES string of the molecule is COc1ccc(OC)c(N(CCNC(=O)c2ccc3c(c2)OCO3)C(C)=O)c1. The van der Waals surface area contributed by atoms with Gasteiger partial charge in [0.2, 0.25) is 12.7 Å². The number of hydrogen-bond donors (Lipinski definition) is 1. The summed E-state index contributed by atoms with van der Waals surface area (Å²) in [4.78, 5) is 26.1. The van der Waals surface area contributed by atoms with Crippen molar-refractivity contribution in [3.05, 3.63) is 42.0 Å². The molecule has 1 aliphatic heterocycles. The molecule has 2 aromatic rings. The van der Waals surface area contributed by atoms with E-state index in [1.165, 1.54) is 18.9 Å². The van der Waals surface area contributed by atoms with Crippen LogP contribution in [0.3, 0.4) is 0 Å². The van der Waals surface area contributed by atoms with Crippen LogP contribution in [-0.4, -0.2) is 45.9 Å². The van der Waals surface area contributed by atoms with Crippen LogP contribution >= 0.6 is 0 Å². The third-order valence-electron chi connectivity index (χ3n) is 4.31. The first-order valence-corrected chi connectivity index (χ1v) is 8.71. The van der Waals surface area contributed by atoms with Crippen LogP contribution in [0.25, 0.3) is 0 Å². The van der Waals surface area contributed by atoms with Gasteiger partial charge >= 0.3 is 0 Å². The Morgan fingerprint density at radius 2 is 1.86 bits per heavy atom. The summed E-state index contributed by atoms with van der Waals surface area (Å²) in [5, 5.41) is 2.81. The summed E-state index contributed by atoms with van der Waals surface area (Å²) < 4.78 is 21.1. The molecule has 0 saturated carbocycles. The molecule has 0 fully saturated rings. The van der Waals surface area contributed by atoms with E-state index in [0.717, 1.165) is 0 Å². The lowest BCUT2D eigenvalue weighted by atomic mass is 10.2. The first-order valence-electron chi connectivity index (χ1n) is 8.71. The van der Waals surface area contributed by atoms with Crippen molar-refractivity contribution in [3.8, 4) is 23.0 Å². The van der Waals surface area contributed by atoms with Crippen molar-refractivity contribution in [1.82, 2.24) is 5.32 Å². The van der Waals surface area contributed by atoms with Gasteiger partial charge in [0.15, 0.2) is 11.5 Å². The number of nitrogens with zero attached hydrogens (tertiary/aromatic N) is 1. The Balaban J connectivity index is 1.67. The molecule has 2 amide bonds. The predicted octanol–water partition coefficient (Wildman–Crippen LogP) is 2.22. The van der Waals surface area contributed by atoms with Gasteiger partial charge in [0.05, 0.1) is 19.9 Å². The summed E-state index contributed by atoms with van der Waals surface area (Å²) in [6, 6.07) is 10.2. The lowest BCUT2D eigenvalue weighted by Gasteiger charge is -2.24. The largest absolute Gasteiger partial charge is 0.497 e. The number of ether oxygens (including phenoxy) is 4. The van der Waals surface area contributed by atoms with Gasteiger partial charge in [-0.15, -0.1) is 0 Å². The van der Waals surface area contributed by atoms with Crippen molar-refractivity contribution in [2.75, 3.05) is 39.0 Å². The lowest BCUT2D eigenvalue weighted by Crippen LogP contribution is -2.37. The smallest absolute Gasteiger partial charge is 0.251 e. The topological polar surface area (TPSA) is 86.3 Å². The summed E-state index contributed by atoms with van der Waals surface area (Å²) in [7, 11) is 3.08. The number of benzene rings is 2. The minimum atomic E-state index is -0.264. The number of carbonyl (C=O) groups excluding carboxylic acids is 2. The normalized spacial score (nSPS) is 11.7. The first kappa shape index (κ1) is 19.3. The molecule has 0 atom stereocenters. The molecule has 8 heteroatoms. The zero-order chi connectivity index (χ0) is 20.1. The van der Waals surface area contributed by atoms with Crippen LogP contribution in [0.2, 0.25) is 0 Å². The number of fused-ring (bicyclic) bond motifs is 1. The number of methoxy groups -OCH3 is 2. The Morgan fingerprint density at radius 1 is 1.07 bits per heavy atom. The minimum absolute atomic E-state index is 0.149. The molecule has 1 N–H and O–H groups in total. The van der Waals surface area contributed by atoms with Crippen LogP contribution in [0.5, 0.6) is 23.0 Å². The van der Waals surface area contributed by atoms with Gasteiger partial charge < -0.3 is 29.2 Å². The molecule has 1 aliphatic rings. The van der Waals surface area contributed by atoms with Gasteiger partial charge in [-0.05, 0) is 30.3 Å². The maximum atomic E-state index is 12.4. The highest BCUT2D eigenvalue weighted by Crippen LogP contribution is 2.33. The highest BCUT2D eigenvalue weighted by Gasteiger charge is 2.19. The molecule has 0 aromatic heterocycles. The van der Waals surface area contributed by atoms with Crippen molar-refractivity contribution in [1.29, 1.82) is 0 Å². The molecule has 8 nitrogen and oxygen atoms in total. The molecular formula is C20H22N2O6. The van der Waals surface area contributed by atoms with Gasteiger partial charge in [-0.25, -0.2) is 0 Å². The van der Waals surface area contributed by atoms with E-state index < -0.39 is 0 Å². The van der Waals surface area contributed by atoms with E-state index in [4.69, 9.17) is 18.9 Å². The Kier molecular flexibility index (Phi) is 5.88. The summed E-state index contributed by atoms with van der Waals surface area (Å²) in [5.41, 5.74) is 1.03. The average molecular weight is 386 g/mol. The van der Waals surface area contributed by atoms with Gasteiger partial charge in [-0.3, -0.25) is 9.59 Å². The third-order valence-corrected chi connectivity index (χ3v) is 4.31. The number of hydrogen-bond acceptors (Lipinski definition) is 6. The highest BCUT2D eigenvalue weighted by molar-refractivity contribution is 5.96. The van der Waals surface area contributed by atoms with Crippen molar-refractivity contribution in [2.24, 2.45) is 0 Å². The van der Waals surface area contributed by atoms with Gasteiger partial charge in [0.1, 0.15) is 11.5 Å². The van der Waals surface area contributed by atoms with Gasteiger partial charge in [0, 0.05) is 31.6 Å². The van der Waals surface area contributed by atoms with E-state index in [1.54, 1.807) is 43.5 Å². The summed E-state index contributed by atoms with van der Waals surface area (Å²) in [6.07, 6.45) is 0. The van der Waals surface area contributed by atoms with E-state index in [1.807, 2.05) is 0 Å². The molecule has 0 bridgehead atoms. The Morgan fingerprint density at radius 3 is 2.57 bits per heavy atom. The fraction of sp³-hybridized carbons (Fsp3) is 0.300. The Hall–Kier alpha value is -3.42. The highest BCUT2D eigenvalue weighted by atomic mass is 16.7. The number of nitrogens with one attached hydrogen (secondary N) is 1. The van der Waals surface area contributed by atoms with Gasteiger partial charge in [0.25, 0.3) is 5.91 Å². The molecule has 148 valence electrons. The minimum Gasteiger partial charge on any atom is -0.497 e. The van der Waals surface area contributed by atoms with E-state index in [-0.39, 0.29) is 31.7 Å². The summed E-state index contributed by atoms with van der Waals surface area (Å²) >= 11 is 0. The van der Waals surface area contributed by atoms with Crippen molar-refractivity contribution >= 4 is 17.5 Å². The van der Waals surface area contributed by atoms with E-state index >= 15 is 0 Å². The average Bonchev–Trinajstić information content (AvgIpc) is 3.18.